The van der Waals surface area contributed by atoms with E-state index in [9.17, 15) is 0 Å². The first kappa shape index (κ1) is 14.3. The molecule has 2 aliphatic rings. The Morgan fingerprint density at radius 3 is 2.67 bits per heavy atom. The number of hydrogen-bond donors (Lipinski definition) is 1. The fourth-order valence-electron chi connectivity index (χ4n) is 2.89. The summed E-state index contributed by atoms with van der Waals surface area (Å²) in [4.78, 5) is 5.19. The van der Waals surface area contributed by atoms with E-state index in [1.165, 1.54) is 71.2 Å². The maximum atomic E-state index is 3.60. The average Bonchev–Trinajstić information content (AvgIpc) is 3.19. The minimum atomic E-state index is 0.787. The molecule has 0 bridgehead atoms. The summed E-state index contributed by atoms with van der Waals surface area (Å²) >= 11 is 0. The molecule has 1 aliphatic heterocycles. The standard InChI is InChI=1S/C15H31N3/c1-3-15-13-18(12-11-17(15)2)10-6-4-5-9-16-14-7-8-14/h14-16H,3-13H2,1-2H3. The molecule has 1 saturated heterocycles. The van der Waals surface area contributed by atoms with Crippen molar-refractivity contribution in [2.24, 2.45) is 0 Å². The second-order valence-corrected chi connectivity index (χ2v) is 6.13. The van der Waals surface area contributed by atoms with Gasteiger partial charge in [0.1, 0.15) is 0 Å². The van der Waals surface area contributed by atoms with Crippen molar-refractivity contribution in [3.63, 3.8) is 0 Å². The molecule has 0 aromatic heterocycles. The van der Waals surface area contributed by atoms with Crippen molar-refractivity contribution < 1.29 is 0 Å². The summed E-state index contributed by atoms with van der Waals surface area (Å²) in [6, 6.07) is 1.67. The van der Waals surface area contributed by atoms with Crippen LogP contribution in [0, 0.1) is 0 Å². The van der Waals surface area contributed by atoms with Crippen LogP contribution in [0.2, 0.25) is 0 Å². The fourth-order valence-corrected chi connectivity index (χ4v) is 2.89. The molecule has 0 radical (unpaired) electrons. The molecule has 1 heterocycles. The number of likely N-dealkylation sites (N-methyl/N-ethyl adjacent to an activating group) is 1. The van der Waals surface area contributed by atoms with Gasteiger partial charge in [-0.05, 0) is 52.2 Å². The molecule has 1 atom stereocenters. The quantitative estimate of drug-likeness (QED) is 0.667. The van der Waals surface area contributed by atoms with E-state index >= 15 is 0 Å². The van der Waals surface area contributed by atoms with Gasteiger partial charge < -0.3 is 15.1 Å². The highest BCUT2D eigenvalue weighted by molar-refractivity contribution is 4.81. The van der Waals surface area contributed by atoms with Gasteiger partial charge in [0.2, 0.25) is 0 Å². The molecule has 106 valence electrons. The van der Waals surface area contributed by atoms with Crippen molar-refractivity contribution in [3.8, 4) is 0 Å². The Kier molecular flexibility index (Phi) is 5.93. The van der Waals surface area contributed by atoms with Crippen molar-refractivity contribution in [3.05, 3.63) is 0 Å². The third-order valence-electron chi connectivity index (χ3n) is 4.49. The summed E-state index contributed by atoms with van der Waals surface area (Å²) < 4.78 is 0. The van der Waals surface area contributed by atoms with Gasteiger partial charge in [0.05, 0.1) is 0 Å². The summed E-state index contributed by atoms with van der Waals surface area (Å²) in [6.07, 6.45) is 8.26. The molecule has 1 aliphatic carbocycles. The van der Waals surface area contributed by atoms with E-state index in [1.807, 2.05) is 0 Å². The fraction of sp³-hybridized carbons (Fsp3) is 1.00. The number of nitrogens with one attached hydrogen (secondary N) is 1. The SMILES string of the molecule is CCC1CN(CCCCCNC2CC2)CCN1C. The molecule has 0 aromatic carbocycles. The van der Waals surface area contributed by atoms with Crippen LogP contribution >= 0.6 is 0 Å². The smallest absolute Gasteiger partial charge is 0.0218 e. The maximum absolute atomic E-state index is 3.60. The minimum absolute atomic E-state index is 0.787. The molecule has 2 rings (SSSR count). The van der Waals surface area contributed by atoms with Crippen LogP contribution in [-0.2, 0) is 0 Å². The Balaban J connectivity index is 1.47. The molecular weight excluding hydrogens is 222 g/mol. The van der Waals surface area contributed by atoms with E-state index in [0.717, 1.165) is 12.1 Å². The molecule has 1 N–H and O–H groups in total. The monoisotopic (exact) mass is 253 g/mol. The largest absolute Gasteiger partial charge is 0.314 e. The lowest BCUT2D eigenvalue weighted by Crippen LogP contribution is -2.51. The zero-order chi connectivity index (χ0) is 12.8. The Labute approximate surface area is 113 Å². The van der Waals surface area contributed by atoms with Gasteiger partial charge in [-0.3, -0.25) is 0 Å². The van der Waals surface area contributed by atoms with Crippen LogP contribution in [0.15, 0.2) is 0 Å². The van der Waals surface area contributed by atoms with E-state index in [-0.39, 0.29) is 0 Å². The van der Waals surface area contributed by atoms with Crippen molar-refractivity contribution in [2.75, 3.05) is 39.8 Å². The molecule has 1 unspecified atom stereocenters. The van der Waals surface area contributed by atoms with Crippen LogP contribution in [0.3, 0.4) is 0 Å². The van der Waals surface area contributed by atoms with Gasteiger partial charge in [-0.2, -0.15) is 0 Å². The highest BCUT2D eigenvalue weighted by Gasteiger charge is 2.22. The highest BCUT2D eigenvalue weighted by Crippen LogP contribution is 2.18. The zero-order valence-corrected chi connectivity index (χ0v) is 12.3. The first-order chi connectivity index (χ1) is 8.79. The van der Waals surface area contributed by atoms with E-state index in [4.69, 9.17) is 0 Å². The maximum Gasteiger partial charge on any atom is 0.0218 e. The lowest BCUT2D eigenvalue weighted by Gasteiger charge is -2.39. The van der Waals surface area contributed by atoms with E-state index in [1.54, 1.807) is 0 Å². The first-order valence-corrected chi connectivity index (χ1v) is 7.95. The Morgan fingerprint density at radius 1 is 1.11 bits per heavy atom. The summed E-state index contributed by atoms with van der Waals surface area (Å²) in [5.74, 6) is 0. The molecule has 0 aromatic rings. The van der Waals surface area contributed by atoms with Crippen LogP contribution in [-0.4, -0.2) is 61.7 Å². The predicted octanol–water partition coefficient (Wildman–Crippen LogP) is 1.93. The molecule has 0 amide bonds. The molecule has 1 saturated carbocycles. The summed E-state index contributed by atoms with van der Waals surface area (Å²) in [7, 11) is 2.27. The third-order valence-corrected chi connectivity index (χ3v) is 4.49. The van der Waals surface area contributed by atoms with Gasteiger partial charge in [-0.1, -0.05) is 13.3 Å². The number of piperazine rings is 1. The molecule has 18 heavy (non-hydrogen) atoms. The van der Waals surface area contributed by atoms with E-state index in [2.05, 4.69) is 29.1 Å². The second kappa shape index (κ2) is 7.46. The lowest BCUT2D eigenvalue weighted by molar-refractivity contribution is 0.0920. The Bertz CT molecular complexity index is 228. The Morgan fingerprint density at radius 2 is 1.94 bits per heavy atom. The zero-order valence-electron chi connectivity index (χ0n) is 12.3. The minimum Gasteiger partial charge on any atom is -0.314 e. The highest BCUT2D eigenvalue weighted by atomic mass is 15.3. The van der Waals surface area contributed by atoms with Gasteiger partial charge in [-0.25, -0.2) is 0 Å². The predicted molar refractivity (Wildman–Crippen MR) is 78.0 cm³/mol. The van der Waals surface area contributed by atoms with Gasteiger partial charge in [0.25, 0.3) is 0 Å². The average molecular weight is 253 g/mol. The van der Waals surface area contributed by atoms with Gasteiger partial charge in [-0.15, -0.1) is 0 Å². The third kappa shape index (κ3) is 4.87. The molecule has 3 heteroatoms. The van der Waals surface area contributed by atoms with E-state index in [0.29, 0.717) is 0 Å². The normalized spacial score (nSPS) is 26.7. The molecule has 0 spiro atoms. The van der Waals surface area contributed by atoms with Crippen LogP contribution < -0.4 is 5.32 Å². The Hall–Kier alpha value is -0.120. The van der Waals surface area contributed by atoms with Crippen LogP contribution in [0.25, 0.3) is 0 Å². The van der Waals surface area contributed by atoms with E-state index < -0.39 is 0 Å². The first-order valence-electron chi connectivity index (χ1n) is 7.95. The number of nitrogens with zero attached hydrogens (tertiary/aromatic N) is 2. The number of rotatable bonds is 8. The molecule has 3 nitrogen and oxygen atoms in total. The van der Waals surface area contributed by atoms with Crippen molar-refractivity contribution in [1.82, 2.24) is 15.1 Å². The van der Waals surface area contributed by atoms with Crippen molar-refractivity contribution in [1.29, 1.82) is 0 Å². The van der Waals surface area contributed by atoms with Crippen molar-refractivity contribution >= 4 is 0 Å². The van der Waals surface area contributed by atoms with Gasteiger partial charge >= 0.3 is 0 Å². The molecule has 2 fully saturated rings. The van der Waals surface area contributed by atoms with Crippen molar-refractivity contribution in [2.45, 2.75) is 57.5 Å². The number of hydrogen-bond acceptors (Lipinski definition) is 3. The lowest BCUT2D eigenvalue weighted by atomic mass is 10.1. The second-order valence-electron chi connectivity index (χ2n) is 6.13. The number of unbranched alkanes of at least 4 members (excludes halogenated alkanes) is 2. The summed E-state index contributed by atoms with van der Waals surface area (Å²) in [5, 5.41) is 3.60. The van der Waals surface area contributed by atoms with Crippen LogP contribution in [0.4, 0.5) is 0 Å². The van der Waals surface area contributed by atoms with Gasteiger partial charge in [0.15, 0.2) is 0 Å². The summed E-state index contributed by atoms with van der Waals surface area (Å²) in [5.41, 5.74) is 0. The molecular formula is C15H31N3. The van der Waals surface area contributed by atoms with Gasteiger partial charge in [0, 0.05) is 31.7 Å². The summed E-state index contributed by atoms with van der Waals surface area (Å²) in [6.45, 7) is 8.68. The topological polar surface area (TPSA) is 18.5 Å². The van der Waals surface area contributed by atoms with Crippen LogP contribution in [0.5, 0.6) is 0 Å². The van der Waals surface area contributed by atoms with Crippen LogP contribution in [0.1, 0.15) is 45.4 Å².